The highest BCUT2D eigenvalue weighted by Crippen LogP contribution is 2.19. The Morgan fingerprint density at radius 3 is 0.372 bits per heavy atom. The van der Waals surface area contributed by atoms with E-state index >= 15 is 0 Å². The van der Waals surface area contributed by atoms with Crippen molar-refractivity contribution in [3.8, 4) is 0 Å². The lowest BCUT2D eigenvalue weighted by atomic mass is 9.94. The zero-order valence-electron chi connectivity index (χ0n) is 54.7. The highest BCUT2D eigenvalue weighted by molar-refractivity contribution is 5.67. The summed E-state index contributed by atoms with van der Waals surface area (Å²) in [4.78, 5) is 31.1. The van der Waals surface area contributed by atoms with Crippen LogP contribution in [0.4, 0.5) is 0 Å². The number of carboxylic acid groups (broad SMARTS) is 3. The molecule has 0 aliphatic rings. The van der Waals surface area contributed by atoms with Crippen molar-refractivity contribution in [1.29, 1.82) is 0 Å². The summed E-state index contributed by atoms with van der Waals surface area (Å²) in [6, 6.07) is 0. The van der Waals surface area contributed by atoms with Gasteiger partial charge < -0.3 is 15.3 Å². The molecule has 6 nitrogen and oxygen atoms in total. The van der Waals surface area contributed by atoms with Crippen molar-refractivity contribution in [2.45, 2.75) is 440 Å². The summed E-state index contributed by atoms with van der Waals surface area (Å²) >= 11 is 0. The minimum Gasteiger partial charge on any atom is -0.481 e. The van der Waals surface area contributed by atoms with Crippen molar-refractivity contribution in [3.05, 3.63) is 0 Å². The molecule has 0 bridgehead atoms. The van der Waals surface area contributed by atoms with Gasteiger partial charge in [-0.05, 0) is 24.7 Å². The fraction of sp³-hybridized carbons (Fsp3) is 0.958. The Kier molecular flexibility index (Phi) is 80.1. The summed E-state index contributed by atoms with van der Waals surface area (Å²) in [7, 11) is 0. The first-order valence-corrected chi connectivity index (χ1v) is 35.5. The normalized spacial score (nSPS) is 11.1. The molecule has 0 saturated heterocycles. The SMILES string of the molecule is CCC(C)(C)C.CCCCCCCCCCCCCCCCCCCCCC(=O)O.CCCCCCCCCCCCCCCCCCCCCC(=O)O.CCCCCCCCCCCCCCCCCCCCCC(=O)O. The molecule has 0 heterocycles. The quantitative estimate of drug-likeness (QED) is 0.0523. The molecule has 78 heavy (non-hydrogen) atoms. The Labute approximate surface area is 491 Å². The Balaban J connectivity index is -0.000000498. The van der Waals surface area contributed by atoms with Crippen LogP contribution in [-0.4, -0.2) is 33.2 Å². The molecule has 0 spiro atoms. The molecule has 0 aromatic heterocycles. The molecule has 470 valence electrons. The Bertz CT molecular complexity index is 975. The van der Waals surface area contributed by atoms with Crippen molar-refractivity contribution < 1.29 is 29.7 Å². The maximum absolute atomic E-state index is 10.4. The van der Waals surface area contributed by atoms with E-state index in [9.17, 15) is 14.4 Å². The van der Waals surface area contributed by atoms with Gasteiger partial charge in [-0.3, -0.25) is 14.4 Å². The molecule has 6 heteroatoms. The van der Waals surface area contributed by atoms with E-state index in [4.69, 9.17) is 15.3 Å². The first kappa shape index (κ1) is 82.9. The van der Waals surface area contributed by atoms with Gasteiger partial charge in [-0.15, -0.1) is 0 Å². The summed E-state index contributed by atoms with van der Waals surface area (Å²) < 4.78 is 0. The van der Waals surface area contributed by atoms with Crippen LogP contribution in [0.5, 0.6) is 0 Å². The second-order valence-electron chi connectivity index (χ2n) is 25.4. The van der Waals surface area contributed by atoms with E-state index in [1.165, 1.54) is 334 Å². The molecule has 0 aromatic rings. The Hall–Kier alpha value is -1.59. The first-order valence-electron chi connectivity index (χ1n) is 35.5. The second-order valence-corrected chi connectivity index (χ2v) is 25.4. The van der Waals surface area contributed by atoms with E-state index in [0.717, 1.165) is 38.5 Å². The third-order valence-corrected chi connectivity index (χ3v) is 16.0. The average molecular weight is 1110 g/mol. The maximum atomic E-state index is 10.4. The predicted octanol–water partition coefficient (Wildman–Crippen LogP) is 26.1. The lowest BCUT2D eigenvalue weighted by Gasteiger charge is -2.12. The van der Waals surface area contributed by atoms with Crippen LogP contribution in [0.15, 0.2) is 0 Å². The van der Waals surface area contributed by atoms with Gasteiger partial charge in [0.05, 0.1) is 0 Å². The summed E-state index contributed by atoms with van der Waals surface area (Å²) in [6.07, 6.45) is 79.6. The molecular formula is C72H146O6. The molecule has 0 radical (unpaired) electrons. The molecular weight excluding hydrogens is 961 g/mol. The number of rotatable bonds is 60. The van der Waals surface area contributed by atoms with Crippen molar-refractivity contribution >= 4 is 17.9 Å². The van der Waals surface area contributed by atoms with Crippen LogP contribution in [-0.2, 0) is 14.4 Å². The largest absolute Gasteiger partial charge is 0.481 e. The van der Waals surface area contributed by atoms with Crippen molar-refractivity contribution in [1.82, 2.24) is 0 Å². The molecule has 0 rings (SSSR count). The minimum absolute atomic E-state index is 0.346. The van der Waals surface area contributed by atoms with Crippen LogP contribution < -0.4 is 0 Å². The van der Waals surface area contributed by atoms with E-state index in [1.54, 1.807) is 0 Å². The molecule has 0 fully saturated rings. The molecule has 0 unspecified atom stereocenters. The Morgan fingerprint density at radius 1 is 0.205 bits per heavy atom. The van der Waals surface area contributed by atoms with Crippen LogP contribution in [0.3, 0.4) is 0 Å². The fourth-order valence-electron chi connectivity index (χ4n) is 10.1. The monoisotopic (exact) mass is 1110 g/mol. The minimum atomic E-state index is -0.651. The van der Waals surface area contributed by atoms with E-state index in [2.05, 4.69) is 48.5 Å². The predicted molar refractivity (Wildman–Crippen MR) is 347 cm³/mol. The number of aliphatic carboxylic acids is 3. The van der Waals surface area contributed by atoms with Gasteiger partial charge in [0.1, 0.15) is 0 Å². The lowest BCUT2D eigenvalue weighted by Crippen LogP contribution is -2.00. The highest BCUT2D eigenvalue weighted by atomic mass is 16.4. The standard InChI is InChI=1S/3C22H44O2.C6H14/c3*1-2-3-4-5-6-7-8-9-10-11-12-13-14-15-16-17-18-19-20-21-22(23)24;1-5-6(2,3)4/h3*2-21H2,1H3,(H,23,24);5H2,1-4H3. The highest BCUT2D eigenvalue weighted by Gasteiger charge is 2.04. The molecule has 3 N–H and O–H groups in total. The van der Waals surface area contributed by atoms with E-state index in [-0.39, 0.29) is 0 Å². The Morgan fingerprint density at radius 2 is 0.295 bits per heavy atom. The second kappa shape index (κ2) is 75.4. The third-order valence-electron chi connectivity index (χ3n) is 16.0. The summed E-state index contributed by atoms with van der Waals surface area (Å²) in [5.74, 6) is -1.95. The number of carbonyl (C=O) groups is 3. The zero-order chi connectivity index (χ0) is 58.4. The lowest BCUT2D eigenvalue weighted by molar-refractivity contribution is -0.138. The molecule has 0 atom stereocenters. The number of carboxylic acids is 3. The zero-order valence-corrected chi connectivity index (χ0v) is 54.7. The molecule has 0 aliphatic carbocycles. The van der Waals surface area contributed by atoms with Gasteiger partial charge in [0.25, 0.3) is 0 Å². The first-order chi connectivity index (χ1) is 37.9. The number of hydrogen-bond acceptors (Lipinski definition) is 3. The van der Waals surface area contributed by atoms with Crippen LogP contribution in [0.1, 0.15) is 440 Å². The summed E-state index contributed by atoms with van der Waals surface area (Å²) in [5.41, 5.74) is 0.542. The molecule has 0 saturated carbocycles. The van der Waals surface area contributed by atoms with Gasteiger partial charge >= 0.3 is 17.9 Å². The van der Waals surface area contributed by atoms with Gasteiger partial charge in [-0.2, -0.15) is 0 Å². The van der Waals surface area contributed by atoms with E-state index in [0.29, 0.717) is 24.7 Å². The van der Waals surface area contributed by atoms with E-state index in [1.807, 2.05) is 0 Å². The van der Waals surface area contributed by atoms with Crippen molar-refractivity contribution in [2.75, 3.05) is 0 Å². The van der Waals surface area contributed by atoms with Gasteiger partial charge in [0.2, 0.25) is 0 Å². The molecule has 0 aromatic carbocycles. The molecule has 0 amide bonds. The van der Waals surface area contributed by atoms with Crippen LogP contribution in [0.25, 0.3) is 0 Å². The molecule has 0 aliphatic heterocycles. The smallest absolute Gasteiger partial charge is 0.303 e. The third kappa shape index (κ3) is 96.7. The van der Waals surface area contributed by atoms with E-state index < -0.39 is 17.9 Å². The average Bonchev–Trinajstić information content (AvgIpc) is 3.40. The summed E-state index contributed by atoms with van der Waals surface area (Å²) in [6.45, 7) is 15.8. The fourth-order valence-corrected chi connectivity index (χ4v) is 10.1. The number of unbranched alkanes of at least 4 members (excludes halogenated alkanes) is 54. The summed E-state index contributed by atoms with van der Waals surface area (Å²) in [5, 5.41) is 25.7. The van der Waals surface area contributed by atoms with Gasteiger partial charge in [-0.25, -0.2) is 0 Å². The maximum Gasteiger partial charge on any atom is 0.303 e. The van der Waals surface area contributed by atoms with Crippen LogP contribution in [0.2, 0.25) is 0 Å². The van der Waals surface area contributed by atoms with Crippen LogP contribution >= 0.6 is 0 Å². The van der Waals surface area contributed by atoms with Gasteiger partial charge in [0, 0.05) is 19.3 Å². The number of hydrogen-bond donors (Lipinski definition) is 3. The van der Waals surface area contributed by atoms with Crippen LogP contribution in [0, 0.1) is 5.41 Å². The van der Waals surface area contributed by atoms with Crippen molar-refractivity contribution in [3.63, 3.8) is 0 Å². The topological polar surface area (TPSA) is 112 Å². The van der Waals surface area contributed by atoms with Crippen molar-refractivity contribution in [2.24, 2.45) is 5.41 Å². The van der Waals surface area contributed by atoms with Gasteiger partial charge in [0.15, 0.2) is 0 Å². The van der Waals surface area contributed by atoms with Gasteiger partial charge in [-0.1, -0.05) is 402 Å².